The van der Waals surface area contributed by atoms with Crippen molar-refractivity contribution in [3.05, 3.63) is 35.5 Å². The number of rotatable bonds is 0. The molecule has 0 heterocycles. The van der Waals surface area contributed by atoms with Crippen molar-refractivity contribution in [1.82, 2.24) is 0 Å². The molecule has 0 aromatic heterocycles. The van der Waals surface area contributed by atoms with E-state index in [-0.39, 0.29) is 0 Å². The average molecular weight is 177 g/mol. The maximum atomic E-state index is 7.48. The topological polar surface area (TPSA) is 23.9 Å². The van der Waals surface area contributed by atoms with Crippen LogP contribution in [-0.4, -0.2) is 5.71 Å². The lowest BCUT2D eigenvalue weighted by molar-refractivity contribution is 1.09. The maximum Gasteiger partial charge on any atom is 0.0611 e. The second-order valence-electron chi connectivity index (χ2n) is 3.25. The second kappa shape index (κ2) is 6.41. The fraction of sp³-hybridized carbons (Fsp3) is 0.417. The third kappa shape index (κ3) is 4.46. The van der Waals surface area contributed by atoms with Gasteiger partial charge in [0.1, 0.15) is 0 Å². The van der Waals surface area contributed by atoms with Crippen molar-refractivity contribution in [2.75, 3.05) is 0 Å². The minimum atomic E-state index is 0.613. The average Bonchev–Trinajstić information content (AvgIpc) is 2.06. The van der Waals surface area contributed by atoms with E-state index in [1.165, 1.54) is 12.0 Å². The molecule has 0 unspecified atom stereocenters. The van der Waals surface area contributed by atoms with Crippen LogP contribution in [0.2, 0.25) is 0 Å². The molecule has 0 bridgehead atoms. The van der Waals surface area contributed by atoms with Crippen LogP contribution >= 0.6 is 0 Å². The summed E-state index contributed by atoms with van der Waals surface area (Å²) in [6, 6.07) is 0. The molecule has 0 amide bonds. The Morgan fingerprint density at radius 2 is 1.62 bits per heavy atom. The normalized spacial score (nSPS) is 13.8. The van der Waals surface area contributed by atoms with Gasteiger partial charge in [0, 0.05) is 0 Å². The molecule has 0 aromatic rings. The predicted molar refractivity (Wildman–Crippen MR) is 60.3 cm³/mol. The second-order valence-corrected chi connectivity index (χ2v) is 3.25. The Morgan fingerprint density at radius 3 is 1.92 bits per heavy atom. The highest BCUT2D eigenvalue weighted by Gasteiger charge is 2.01. The van der Waals surface area contributed by atoms with E-state index in [2.05, 4.69) is 13.8 Å². The van der Waals surface area contributed by atoms with Gasteiger partial charge in [-0.15, -0.1) is 0 Å². The van der Waals surface area contributed by atoms with E-state index in [1.807, 2.05) is 38.2 Å². The number of hydrogen-bond acceptors (Lipinski definition) is 1. The summed E-state index contributed by atoms with van der Waals surface area (Å²) in [5, 5.41) is 7.48. The van der Waals surface area contributed by atoms with Crippen LogP contribution < -0.4 is 0 Å². The molecule has 1 heteroatoms. The van der Waals surface area contributed by atoms with Crippen LogP contribution in [0.25, 0.3) is 0 Å². The molecular weight excluding hydrogens is 158 g/mol. The van der Waals surface area contributed by atoms with Gasteiger partial charge in [-0.2, -0.15) is 0 Å². The Morgan fingerprint density at radius 1 is 1.15 bits per heavy atom. The van der Waals surface area contributed by atoms with Crippen molar-refractivity contribution < 1.29 is 0 Å². The van der Waals surface area contributed by atoms with E-state index in [0.717, 1.165) is 5.57 Å². The van der Waals surface area contributed by atoms with E-state index in [1.54, 1.807) is 0 Å². The SMILES string of the molecule is CC(C)=C1C=CC=CC1=N.CCC. The number of nitrogens with one attached hydrogen (secondary N) is 1. The number of hydrogen-bond donors (Lipinski definition) is 1. The molecule has 0 aliphatic heterocycles. The largest absolute Gasteiger partial charge is 0.300 e. The van der Waals surface area contributed by atoms with Crippen molar-refractivity contribution >= 4 is 5.71 Å². The summed E-state index contributed by atoms with van der Waals surface area (Å²) in [6.07, 6.45) is 8.87. The van der Waals surface area contributed by atoms with Crippen molar-refractivity contribution in [3.8, 4) is 0 Å². The highest BCUT2D eigenvalue weighted by molar-refractivity contribution is 6.09. The summed E-state index contributed by atoms with van der Waals surface area (Å²) in [5.74, 6) is 0. The summed E-state index contributed by atoms with van der Waals surface area (Å²) in [5.41, 5.74) is 2.86. The van der Waals surface area contributed by atoms with Crippen molar-refractivity contribution in [1.29, 1.82) is 5.41 Å². The zero-order chi connectivity index (χ0) is 10.3. The van der Waals surface area contributed by atoms with E-state index in [9.17, 15) is 0 Å². The molecule has 13 heavy (non-hydrogen) atoms. The molecule has 1 aliphatic rings. The van der Waals surface area contributed by atoms with Gasteiger partial charge in [0.25, 0.3) is 0 Å². The van der Waals surface area contributed by atoms with Gasteiger partial charge in [-0.3, -0.25) is 0 Å². The predicted octanol–water partition coefficient (Wildman–Crippen LogP) is 3.88. The van der Waals surface area contributed by atoms with Crippen molar-refractivity contribution in [3.63, 3.8) is 0 Å². The third-order valence-corrected chi connectivity index (χ3v) is 1.47. The van der Waals surface area contributed by atoms with Gasteiger partial charge >= 0.3 is 0 Å². The zero-order valence-corrected chi connectivity index (χ0v) is 9.02. The van der Waals surface area contributed by atoms with Crippen molar-refractivity contribution in [2.24, 2.45) is 0 Å². The summed E-state index contributed by atoms with van der Waals surface area (Å²) >= 11 is 0. The van der Waals surface area contributed by atoms with Gasteiger partial charge in [0.05, 0.1) is 5.71 Å². The van der Waals surface area contributed by atoms with Gasteiger partial charge in [-0.05, 0) is 25.5 Å². The Hall–Kier alpha value is -1.11. The van der Waals surface area contributed by atoms with Crippen LogP contribution in [0.15, 0.2) is 35.5 Å². The molecule has 0 aromatic carbocycles. The fourth-order valence-electron chi connectivity index (χ4n) is 0.919. The monoisotopic (exact) mass is 177 g/mol. The van der Waals surface area contributed by atoms with Gasteiger partial charge in [-0.1, -0.05) is 44.1 Å². The molecule has 0 fully saturated rings. The van der Waals surface area contributed by atoms with E-state index < -0.39 is 0 Å². The van der Waals surface area contributed by atoms with Crippen molar-refractivity contribution in [2.45, 2.75) is 34.1 Å². The summed E-state index contributed by atoms with van der Waals surface area (Å²) in [4.78, 5) is 0. The Bertz CT molecular complexity index is 250. The first-order chi connectivity index (χ1) is 6.13. The molecule has 1 aliphatic carbocycles. The van der Waals surface area contributed by atoms with Crippen LogP contribution in [0.5, 0.6) is 0 Å². The Kier molecular flexibility index (Phi) is 5.86. The van der Waals surface area contributed by atoms with Gasteiger partial charge < -0.3 is 5.41 Å². The lowest BCUT2D eigenvalue weighted by atomic mass is 10.0. The van der Waals surface area contributed by atoms with Crippen LogP contribution in [0.4, 0.5) is 0 Å². The zero-order valence-electron chi connectivity index (χ0n) is 9.02. The Balaban J connectivity index is 0.000000424. The summed E-state index contributed by atoms with van der Waals surface area (Å²) in [6.45, 7) is 8.29. The van der Waals surface area contributed by atoms with Crippen LogP contribution in [0.3, 0.4) is 0 Å². The smallest absolute Gasteiger partial charge is 0.0611 e. The molecule has 0 saturated heterocycles. The molecule has 0 saturated carbocycles. The standard InChI is InChI=1S/C9H11N.C3H8/c1-7(2)8-5-3-4-6-9(8)10;1-3-2/h3-6,10H,1-2H3;3H2,1-2H3. The first-order valence-corrected chi connectivity index (χ1v) is 4.74. The molecular formula is C12H19N. The van der Waals surface area contributed by atoms with Gasteiger partial charge in [0.2, 0.25) is 0 Å². The van der Waals surface area contributed by atoms with E-state index in [4.69, 9.17) is 5.41 Å². The fourth-order valence-corrected chi connectivity index (χ4v) is 0.919. The molecule has 1 rings (SSSR count). The maximum absolute atomic E-state index is 7.48. The molecule has 0 atom stereocenters. The molecule has 72 valence electrons. The lowest BCUT2D eigenvalue weighted by Gasteiger charge is -2.05. The van der Waals surface area contributed by atoms with Crippen LogP contribution in [-0.2, 0) is 0 Å². The Labute approximate surface area is 81.4 Å². The molecule has 0 radical (unpaired) electrons. The van der Waals surface area contributed by atoms with E-state index in [0.29, 0.717) is 5.71 Å². The quantitative estimate of drug-likeness (QED) is 0.580. The van der Waals surface area contributed by atoms with Gasteiger partial charge in [-0.25, -0.2) is 0 Å². The molecule has 1 N–H and O–H groups in total. The van der Waals surface area contributed by atoms with E-state index >= 15 is 0 Å². The molecule has 1 nitrogen and oxygen atoms in total. The summed E-state index contributed by atoms with van der Waals surface area (Å²) < 4.78 is 0. The highest BCUT2D eigenvalue weighted by Crippen LogP contribution is 2.11. The summed E-state index contributed by atoms with van der Waals surface area (Å²) in [7, 11) is 0. The van der Waals surface area contributed by atoms with Crippen LogP contribution in [0, 0.1) is 5.41 Å². The lowest BCUT2D eigenvalue weighted by Crippen LogP contribution is -1.98. The first-order valence-electron chi connectivity index (χ1n) is 4.74. The minimum absolute atomic E-state index is 0.613. The first kappa shape index (κ1) is 11.9. The molecule has 0 spiro atoms. The van der Waals surface area contributed by atoms with Crippen LogP contribution in [0.1, 0.15) is 34.1 Å². The highest BCUT2D eigenvalue weighted by atomic mass is 14.4. The number of allylic oxidation sites excluding steroid dienone is 6. The van der Waals surface area contributed by atoms with Gasteiger partial charge in [0.15, 0.2) is 0 Å². The third-order valence-electron chi connectivity index (χ3n) is 1.47. The minimum Gasteiger partial charge on any atom is -0.300 e.